The van der Waals surface area contributed by atoms with Gasteiger partial charge in [0.05, 0.1) is 16.6 Å². The summed E-state index contributed by atoms with van der Waals surface area (Å²) < 4.78 is 7.73. The molecular weight excluding hydrogens is 432 g/mol. The fourth-order valence-corrected chi connectivity index (χ4v) is 5.16. The highest BCUT2D eigenvalue weighted by Crippen LogP contribution is 2.34. The normalized spacial score (nSPS) is 21.5. The minimum absolute atomic E-state index is 0.00832. The second kappa shape index (κ2) is 9.10. The summed E-state index contributed by atoms with van der Waals surface area (Å²) in [6.45, 7) is 7.22. The topological polar surface area (TPSA) is 75.9 Å². The van der Waals surface area contributed by atoms with Gasteiger partial charge in [0.15, 0.2) is 0 Å². The number of nitrogens with one attached hydrogen (secondary N) is 1. The largest absolute Gasteiger partial charge is 0.376 e. The van der Waals surface area contributed by atoms with Crippen molar-refractivity contribution in [2.24, 2.45) is 0 Å². The van der Waals surface area contributed by atoms with E-state index in [9.17, 15) is 9.59 Å². The predicted octanol–water partition coefficient (Wildman–Crippen LogP) is 3.59. The molecule has 2 fully saturated rings. The van der Waals surface area contributed by atoms with Crippen LogP contribution in [0.4, 0.5) is 5.82 Å². The second-order valence-corrected chi connectivity index (χ2v) is 9.61. The van der Waals surface area contributed by atoms with Gasteiger partial charge in [-0.1, -0.05) is 37.0 Å². The Morgan fingerprint density at radius 1 is 1.42 bits per heavy atom. The second-order valence-electron chi connectivity index (χ2n) is 7.94. The van der Waals surface area contributed by atoms with Crippen molar-refractivity contribution in [3.8, 4) is 0 Å². The summed E-state index contributed by atoms with van der Waals surface area (Å²) >= 11 is 6.66. The number of anilines is 1. The van der Waals surface area contributed by atoms with Gasteiger partial charge in [-0.3, -0.25) is 18.9 Å². The molecule has 2 saturated heterocycles. The summed E-state index contributed by atoms with van der Waals surface area (Å²) in [6.07, 6.45) is 6.29. The molecular formula is C22H26N4O3S2. The van der Waals surface area contributed by atoms with Crippen molar-refractivity contribution in [1.82, 2.24) is 14.3 Å². The number of hydrogen-bond donors (Lipinski definition) is 1. The van der Waals surface area contributed by atoms with Crippen molar-refractivity contribution < 1.29 is 9.53 Å². The van der Waals surface area contributed by atoms with Crippen LogP contribution >= 0.6 is 24.0 Å². The Bertz CT molecular complexity index is 1120. The third-order valence-electron chi connectivity index (χ3n) is 5.66. The molecule has 7 nitrogen and oxygen atoms in total. The maximum Gasteiger partial charge on any atom is 0.267 e. The van der Waals surface area contributed by atoms with Crippen LogP contribution in [0.25, 0.3) is 11.7 Å². The lowest BCUT2D eigenvalue weighted by atomic mass is 10.2. The Morgan fingerprint density at radius 2 is 2.23 bits per heavy atom. The number of fused-ring (bicyclic) bond motifs is 1. The zero-order valence-corrected chi connectivity index (χ0v) is 19.5. The maximum atomic E-state index is 13.4. The number of aromatic nitrogens is 2. The SMILES string of the molecule is CC[C@H](C)N1C(=O)/C(=C/c2c(NC[C@@H]3CCCO3)nc3ccc(C)cn3c2=O)SC1=S. The van der Waals surface area contributed by atoms with E-state index >= 15 is 0 Å². The lowest BCUT2D eigenvalue weighted by Gasteiger charge is -2.21. The highest BCUT2D eigenvalue weighted by atomic mass is 32.2. The van der Waals surface area contributed by atoms with E-state index in [0.717, 1.165) is 31.4 Å². The van der Waals surface area contributed by atoms with Crippen LogP contribution in [-0.2, 0) is 9.53 Å². The monoisotopic (exact) mass is 458 g/mol. The molecule has 2 aliphatic rings. The molecule has 1 N–H and O–H groups in total. The van der Waals surface area contributed by atoms with Crippen LogP contribution in [0, 0.1) is 6.92 Å². The molecule has 2 aromatic rings. The van der Waals surface area contributed by atoms with E-state index in [2.05, 4.69) is 10.3 Å². The minimum Gasteiger partial charge on any atom is -0.376 e. The average Bonchev–Trinajstić information content (AvgIpc) is 3.36. The van der Waals surface area contributed by atoms with E-state index in [1.54, 1.807) is 17.2 Å². The van der Waals surface area contributed by atoms with Crippen LogP contribution in [0.1, 0.15) is 44.2 Å². The van der Waals surface area contributed by atoms with E-state index in [0.29, 0.717) is 32.8 Å². The smallest absolute Gasteiger partial charge is 0.267 e. The highest BCUT2D eigenvalue weighted by Gasteiger charge is 2.35. The number of rotatable bonds is 6. The van der Waals surface area contributed by atoms with Gasteiger partial charge in [-0.25, -0.2) is 4.98 Å². The van der Waals surface area contributed by atoms with Gasteiger partial charge in [0, 0.05) is 25.4 Å². The standard InChI is InChI=1S/C22H26N4O3S2/c1-4-14(3)26-21(28)17(31-22(26)30)10-16-19(23-11-15-6-5-9-29-15)24-18-8-7-13(2)12-25(18)20(16)27/h7-8,10,12,14-15,23H,4-6,9,11H2,1-3H3/b17-10-/t14-,15-/m0/s1. The molecule has 4 heterocycles. The van der Waals surface area contributed by atoms with Crippen molar-refractivity contribution in [2.75, 3.05) is 18.5 Å². The van der Waals surface area contributed by atoms with Gasteiger partial charge in [-0.15, -0.1) is 0 Å². The van der Waals surface area contributed by atoms with E-state index in [1.807, 2.05) is 32.9 Å². The molecule has 31 heavy (non-hydrogen) atoms. The Balaban J connectivity index is 1.77. The number of pyridine rings is 1. The molecule has 0 radical (unpaired) electrons. The minimum atomic E-state index is -0.225. The molecule has 0 aliphatic carbocycles. The van der Waals surface area contributed by atoms with Crippen molar-refractivity contribution in [3.63, 3.8) is 0 Å². The van der Waals surface area contributed by atoms with Crippen LogP contribution in [0.5, 0.6) is 0 Å². The quantitative estimate of drug-likeness (QED) is 0.524. The van der Waals surface area contributed by atoms with Crippen molar-refractivity contribution >= 4 is 51.7 Å². The average molecular weight is 459 g/mol. The maximum absolute atomic E-state index is 13.4. The van der Waals surface area contributed by atoms with Gasteiger partial charge in [0.2, 0.25) is 0 Å². The molecule has 2 aromatic heterocycles. The molecule has 9 heteroatoms. The van der Waals surface area contributed by atoms with Gasteiger partial charge in [0.1, 0.15) is 15.8 Å². The highest BCUT2D eigenvalue weighted by molar-refractivity contribution is 8.26. The fourth-order valence-electron chi connectivity index (χ4n) is 3.71. The molecule has 164 valence electrons. The molecule has 0 unspecified atom stereocenters. The molecule has 0 aromatic carbocycles. The summed E-state index contributed by atoms with van der Waals surface area (Å²) in [5.41, 5.74) is 1.63. The number of thiocarbonyl (C=S) groups is 1. The first-order valence-corrected chi connectivity index (χ1v) is 11.8. The summed E-state index contributed by atoms with van der Waals surface area (Å²) in [7, 11) is 0. The Morgan fingerprint density at radius 3 is 2.94 bits per heavy atom. The van der Waals surface area contributed by atoms with E-state index in [1.165, 1.54) is 16.2 Å². The number of thioether (sulfide) groups is 1. The zero-order chi connectivity index (χ0) is 22.1. The number of carbonyl (C=O) groups excluding carboxylic acids is 1. The van der Waals surface area contributed by atoms with Crippen molar-refractivity contribution in [3.05, 3.63) is 44.7 Å². The summed E-state index contributed by atoms with van der Waals surface area (Å²) in [6, 6.07) is 3.75. The summed E-state index contributed by atoms with van der Waals surface area (Å²) in [4.78, 5) is 33.1. The van der Waals surface area contributed by atoms with Gasteiger partial charge >= 0.3 is 0 Å². The number of aryl methyl sites for hydroxylation is 1. The molecule has 0 spiro atoms. The predicted molar refractivity (Wildman–Crippen MR) is 128 cm³/mol. The van der Waals surface area contributed by atoms with Crippen LogP contribution < -0.4 is 10.9 Å². The van der Waals surface area contributed by atoms with E-state index in [4.69, 9.17) is 17.0 Å². The molecule has 2 aliphatic heterocycles. The van der Waals surface area contributed by atoms with E-state index in [-0.39, 0.29) is 23.6 Å². The van der Waals surface area contributed by atoms with Gasteiger partial charge in [-0.05, 0) is 50.8 Å². The first-order chi connectivity index (χ1) is 14.9. The summed E-state index contributed by atoms with van der Waals surface area (Å²) in [5, 5.41) is 3.29. The number of nitrogens with zero attached hydrogens (tertiary/aromatic N) is 3. The Kier molecular flexibility index (Phi) is 6.45. The van der Waals surface area contributed by atoms with Gasteiger partial charge in [-0.2, -0.15) is 0 Å². The summed E-state index contributed by atoms with van der Waals surface area (Å²) in [5.74, 6) is 0.293. The first kappa shape index (κ1) is 22.0. The Labute approximate surface area is 190 Å². The lowest BCUT2D eigenvalue weighted by Crippen LogP contribution is -2.36. The number of hydrogen-bond acceptors (Lipinski definition) is 7. The molecule has 1 amide bonds. The van der Waals surface area contributed by atoms with Crippen molar-refractivity contribution in [1.29, 1.82) is 0 Å². The van der Waals surface area contributed by atoms with Crippen LogP contribution in [0.15, 0.2) is 28.0 Å². The number of amides is 1. The molecule has 4 rings (SSSR count). The van der Waals surface area contributed by atoms with Crippen LogP contribution in [0.3, 0.4) is 0 Å². The van der Waals surface area contributed by atoms with Crippen molar-refractivity contribution in [2.45, 2.75) is 52.2 Å². The molecule has 2 atom stereocenters. The third kappa shape index (κ3) is 4.40. The third-order valence-corrected chi connectivity index (χ3v) is 6.99. The molecule has 0 saturated carbocycles. The van der Waals surface area contributed by atoms with Crippen LogP contribution in [0.2, 0.25) is 0 Å². The van der Waals surface area contributed by atoms with Gasteiger partial charge in [0.25, 0.3) is 11.5 Å². The lowest BCUT2D eigenvalue weighted by molar-refractivity contribution is -0.123. The number of carbonyl (C=O) groups is 1. The zero-order valence-electron chi connectivity index (χ0n) is 17.9. The van der Waals surface area contributed by atoms with Crippen LogP contribution in [-0.4, -0.2) is 49.8 Å². The van der Waals surface area contributed by atoms with Gasteiger partial charge < -0.3 is 10.1 Å². The number of ether oxygens (including phenoxy) is 1. The van der Waals surface area contributed by atoms with E-state index < -0.39 is 0 Å². The Hall–Kier alpha value is -2.23. The molecule has 0 bridgehead atoms. The fraction of sp³-hybridized carbons (Fsp3) is 0.455. The first-order valence-electron chi connectivity index (χ1n) is 10.5.